The number of urea groups is 1. The lowest BCUT2D eigenvalue weighted by molar-refractivity contribution is -0.141. The zero-order valence-corrected chi connectivity index (χ0v) is 9.98. The van der Waals surface area contributed by atoms with E-state index in [1.54, 1.807) is 4.90 Å². The SMILES string of the molecule is CCCCCN1C[C@@H](C(=O)O)N(CC)C1=O. The van der Waals surface area contributed by atoms with Crippen LogP contribution >= 0.6 is 0 Å². The quantitative estimate of drug-likeness (QED) is 0.699. The van der Waals surface area contributed by atoms with Crippen LogP contribution in [0.3, 0.4) is 0 Å². The fourth-order valence-electron chi connectivity index (χ4n) is 2.01. The molecule has 0 aromatic carbocycles. The Morgan fingerprint density at radius 3 is 2.56 bits per heavy atom. The van der Waals surface area contributed by atoms with E-state index in [2.05, 4.69) is 6.92 Å². The molecule has 0 saturated carbocycles. The summed E-state index contributed by atoms with van der Waals surface area (Å²) in [6.45, 7) is 5.37. The van der Waals surface area contributed by atoms with Crippen molar-refractivity contribution in [3.63, 3.8) is 0 Å². The molecule has 0 unspecified atom stereocenters. The molecule has 5 heteroatoms. The second-order valence-corrected chi connectivity index (χ2v) is 4.08. The molecule has 5 nitrogen and oxygen atoms in total. The standard InChI is InChI=1S/C11H20N2O3/c1-3-5-6-7-12-8-9(10(14)15)13(4-2)11(12)16/h9H,3-8H2,1-2H3,(H,14,15)/t9-/m0/s1. The number of hydrogen-bond acceptors (Lipinski definition) is 2. The largest absolute Gasteiger partial charge is 0.480 e. The van der Waals surface area contributed by atoms with E-state index in [4.69, 9.17) is 5.11 Å². The maximum absolute atomic E-state index is 11.8. The molecule has 1 saturated heterocycles. The second kappa shape index (κ2) is 5.72. The highest BCUT2D eigenvalue weighted by Gasteiger charge is 2.39. The number of amides is 2. The van der Waals surface area contributed by atoms with E-state index in [1.165, 1.54) is 4.90 Å². The van der Waals surface area contributed by atoms with Crippen molar-refractivity contribution >= 4 is 12.0 Å². The van der Waals surface area contributed by atoms with Crippen molar-refractivity contribution in [2.45, 2.75) is 39.2 Å². The predicted molar refractivity (Wildman–Crippen MR) is 60.3 cm³/mol. The number of hydrogen-bond donors (Lipinski definition) is 1. The maximum Gasteiger partial charge on any atom is 0.328 e. The third-order valence-corrected chi connectivity index (χ3v) is 2.94. The first-order chi connectivity index (χ1) is 7.61. The number of likely N-dealkylation sites (N-methyl/N-ethyl adjacent to an activating group) is 1. The van der Waals surface area contributed by atoms with Gasteiger partial charge in [0.05, 0.1) is 6.54 Å². The van der Waals surface area contributed by atoms with Gasteiger partial charge in [0.2, 0.25) is 0 Å². The average Bonchev–Trinajstić information content (AvgIpc) is 2.56. The van der Waals surface area contributed by atoms with Crippen molar-refractivity contribution in [2.75, 3.05) is 19.6 Å². The van der Waals surface area contributed by atoms with Crippen LogP contribution in [0, 0.1) is 0 Å². The van der Waals surface area contributed by atoms with E-state index in [0.29, 0.717) is 19.6 Å². The van der Waals surface area contributed by atoms with Gasteiger partial charge in [0.1, 0.15) is 6.04 Å². The summed E-state index contributed by atoms with van der Waals surface area (Å²) in [6, 6.07) is -0.801. The number of carboxylic acid groups (broad SMARTS) is 1. The lowest BCUT2D eigenvalue weighted by Gasteiger charge is -2.18. The smallest absolute Gasteiger partial charge is 0.328 e. The fraction of sp³-hybridized carbons (Fsp3) is 0.818. The van der Waals surface area contributed by atoms with E-state index >= 15 is 0 Å². The van der Waals surface area contributed by atoms with E-state index in [9.17, 15) is 9.59 Å². The van der Waals surface area contributed by atoms with Crippen molar-refractivity contribution in [1.29, 1.82) is 0 Å². The van der Waals surface area contributed by atoms with Gasteiger partial charge in [-0.3, -0.25) is 0 Å². The molecule has 1 atom stereocenters. The minimum atomic E-state index is -0.909. The molecular weight excluding hydrogens is 208 g/mol. The van der Waals surface area contributed by atoms with Crippen molar-refractivity contribution in [2.24, 2.45) is 0 Å². The molecule has 1 aliphatic rings. The van der Waals surface area contributed by atoms with Gasteiger partial charge in [0.25, 0.3) is 0 Å². The molecule has 16 heavy (non-hydrogen) atoms. The van der Waals surface area contributed by atoms with Crippen LogP contribution in [0.4, 0.5) is 4.79 Å². The molecule has 1 N–H and O–H groups in total. The fourth-order valence-corrected chi connectivity index (χ4v) is 2.01. The van der Waals surface area contributed by atoms with E-state index < -0.39 is 12.0 Å². The summed E-state index contributed by atoms with van der Waals surface area (Å²) >= 11 is 0. The molecule has 0 radical (unpaired) electrons. The number of carbonyl (C=O) groups is 2. The van der Waals surface area contributed by atoms with E-state index in [0.717, 1.165) is 19.3 Å². The van der Waals surface area contributed by atoms with Gasteiger partial charge >= 0.3 is 12.0 Å². The summed E-state index contributed by atoms with van der Waals surface area (Å²) < 4.78 is 0. The number of unbranched alkanes of at least 4 members (excludes halogenated alkanes) is 2. The van der Waals surface area contributed by atoms with E-state index in [1.807, 2.05) is 6.92 Å². The van der Waals surface area contributed by atoms with Crippen LogP contribution in [0.2, 0.25) is 0 Å². The van der Waals surface area contributed by atoms with Gasteiger partial charge in [0, 0.05) is 13.1 Å². The molecule has 0 bridgehead atoms. The molecular formula is C11H20N2O3. The molecule has 1 rings (SSSR count). The van der Waals surface area contributed by atoms with Crippen molar-refractivity contribution in [3.8, 4) is 0 Å². The van der Waals surface area contributed by atoms with Crippen LogP contribution in [-0.2, 0) is 4.79 Å². The lowest BCUT2D eigenvalue weighted by Crippen LogP contribution is -2.39. The highest BCUT2D eigenvalue weighted by molar-refractivity contribution is 5.86. The van der Waals surface area contributed by atoms with Gasteiger partial charge in [-0.05, 0) is 13.3 Å². The molecule has 0 spiro atoms. The number of carboxylic acids is 1. The molecule has 1 aliphatic heterocycles. The molecule has 0 aromatic heterocycles. The van der Waals surface area contributed by atoms with Gasteiger partial charge in [0.15, 0.2) is 0 Å². The summed E-state index contributed by atoms with van der Waals surface area (Å²) in [6.07, 6.45) is 3.13. The Morgan fingerprint density at radius 2 is 2.12 bits per heavy atom. The van der Waals surface area contributed by atoms with Crippen LogP contribution in [0.5, 0.6) is 0 Å². The highest BCUT2D eigenvalue weighted by Crippen LogP contribution is 2.16. The van der Waals surface area contributed by atoms with Gasteiger partial charge in [-0.15, -0.1) is 0 Å². The van der Waals surface area contributed by atoms with Gasteiger partial charge in [-0.25, -0.2) is 9.59 Å². The molecule has 1 fully saturated rings. The minimum Gasteiger partial charge on any atom is -0.480 e. The summed E-state index contributed by atoms with van der Waals surface area (Å²) in [7, 11) is 0. The number of nitrogens with zero attached hydrogens (tertiary/aromatic N) is 2. The lowest BCUT2D eigenvalue weighted by atomic mass is 10.2. The van der Waals surface area contributed by atoms with Crippen LogP contribution in [0.1, 0.15) is 33.1 Å². The summed E-state index contributed by atoms with van der Waals surface area (Å²) in [4.78, 5) is 25.9. The zero-order valence-electron chi connectivity index (χ0n) is 9.98. The summed E-state index contributed by atoms with van der Waals surface area (Å²) in [5.74, 6) is -0.909. The Balaban J connectivity index is 2.56. The van der Waals surface area contributed by atoms with Gasteiger partial charge in [-0.2, -0.15) is 0 Å². The average molecular weight is 228 g/mol. The topological polar surface area (TPSA) is 60.9 Å². The third-order valence-electron chi connectivity index (χ3n) is 2.94. The Kier molecular flexibility index (Phi) is 4.58. The monoisotopic (exact) mass is 228 g/mol. The summed E-state index contributed by atoms with van der Waals surface area (Å²) in [5.41, 5.74) is 0. The minimum absolute atomic E-state index is 0.133. The number of carbonyl (C=O) groups excluding carboxylic acids is 1. The van der Waals surface area contributed by atoms with Gasteiger partial charge < -0.3 is 14.9 Å². The number of aliphatic carboxylic acids is 1. The zero-order chi connectivity index (χ0) is 12.1. The molecule has 0 aromatic rings. The Hall–Kier alpha value is -1.26. The van der Waals surface area contributed by atoms with Crippen molar-refractivity contribution in [1.82, 2.24) is 9.80 Å². The maximum atomic E-state index is 11.8. The molecule has 92 valence electrons. The van der Waals surface area contributed by atoms with Crippen LogP contribution < -0.4 is 0 Å². The predicted octanol–water partition coefficient (Wildman–Crippen LogP) is 1.39. The first-order valence-corrected chi connectivity index (χ1v) is 5.90. The summed E-state index contributed by atoms with van der Waals surface area (Å²) in [5, 5.41) is 9.00. The van der Waals surface area contributed by atoms with Crippen LogP contribution in [0.25, 0.3) is 0 Å². The first kappa shape index (κ1) is 12.8. The third kappa shape index (κ3) is 2.65. The Morgan fingerprint density at radius 1 is 1.44 bits per heavy atom. The van der Waals surface area contributed by atoms with Crippen LogP contribution in [-0.4, -0.2) is 52.6 Å². The second-order valence-electron chi connectivity index (χ2n) is 4.08. The van der Waals surface area contributed by atoms with Crippen molar-refractivity contribution < 1.29 is 14.7 Å². The number of rotatable bonds is 6. The van der Waals surface area contributed by atoms with Gasteiger partial charge in [-0.1, -0.05) is 19.8 Å². The molecule has 1 heterocycles. The van der Waals surface area contributed by atoms with E-state index in [-0.39, 0.29) is 6.03 Å². The Bertz CT molecular complexity index is 268. The molecule has 2 amide bonds. The first-order valence-electron chi connectivity index (χ1n) is 5.90. The normalized spacial score (nSPS) is 20.6. The van der Waals surface area contributed by atoms with Crippen molar-refractivity contribution in [3.05, 3.63) is 0 Å². The highest BCUT2D eigenvalue weighted by atomic mass is 16.4. The Labute approximate surface area is 96.0 Å². The van der Waals surface area contributed by atoms with Crippen LogP contribution in [0.15, 0.2) is 0 Å². The molecule has 0 aliphatic carbocycles.